The molecule has 5 heterocycles. The molecule has 1 aliphatic carbocycles. The standard InChI is InChI=1S/C46H41BN2O3/c1-44(2,3)49-36-18-10-8-16-33(36)47-34-27-39(28-20-21-31-30-14-6-11-19-38(30)50-40(31)24-28)51-43(34)52-41-26-29(25-37(49)42(41)47)48-35-17-9-7-15-32(35)45(4)22-12-13-23-46(45,48)5/h6-11,14-21,24-27H,12-13,22-23H2,1-5H3/i7D,9D,15D,17D. The van der Waals surface area contributed by atoms with E-state index in [0.717, 1.165) is 81.2 Å². The van der Waals surface area contributed by atoms with E-state index in [1.807, 2.05) is 24.3 Å². The lowest BCUT2D eigenvalue weighted by Gasteiger charge is -2.51. The Labute approximate surface area is 310 Å². The SMILES string of the molecule is [2H]c1c([2H])c([2H])c2c(c1[2H])N(c1cc3c4c(c1)N(C(C)(C)C)c1ccccc1B4c1cc(-c4ccc5c(c4)oc4ccccc45)oc1O3)C1(C)CCCCC21C. The second kappa shape index (κ2) is 10.2. The maximum Gasteiger partial charge on any atom is 0.285 e. The molecule has 2 unspecified atom stereocenters. The van der Waals surface area contributed by atoms with Crippen LogP contribution in [-0.2, 0) is 5.41 Å². The van der Waals surface area contributed by atoms with Gasteiger partial charge in [-0.3, -0.25) is 0 Å². The van der Waals surface area contributed by atoms with E-state index in [4.69, 9.17) is 16.3 Å². The van der Waals surface area contributed by atoms with Crippen LogP contribution in [0.4, 0.5) is 22.7 Å². The second-order valence-corrected chi connectivity index (χ2v) is 16.5. The summed E-state index contributed by atoms with van der Waals surface area (Å²) in [7, 11) is 0. The predicted molar refractivity (Wildman–Crippen MR) is 214 cm³/mol. The van der Waals surface area contributed by atoms with Crippen LogP contribution in [0, 0.1) is 0 Å². The maximum absolute atomic E-state index is 9.35. The molecular formula is C46H41BN2O3. The number of furan rings is 2. The van der Waals surface area contributed by atoms with E-state index in [2.05, 4.69) is 105 Å². The van der Waals surface area contributed by atoms with Gasteiger partial charge in [0, 0.05) is 61.6 Å². The van der Waals surface area contributed by atoms with E-state index in [1.54, 1.807) is 0 Å². The van der Waals surface area contributed by atoms with Gasteiger partial charge in [0.2, 0.25) is 0 Å². The van der Waals surface area contributed by atoms with Gasteiger partial charge in [-0.25, -0.2) is 0 Å². The van der Waals surface area contributed by atoms with Gasteiger partial charge >= 0.3 is 0 Å². The molecule has 6 heteroatoms. The van der Waals surface area contributed by atoms with Crippen molar-refractivity contribution in [3.8, 4) is 23.0 Å². The molecule has 52 heavy (non-hydrogen) atoms. The highest BCUT2D eigenvalue weighted by atomic mass is 16.6. The van der Waals surface area contributed by atoms with Gasteiger partial charge in [0.25, 0.3) is 12.7 Å². The average molecular weight is 685 g/mol. The monoisotopic (exact) mass is 684 g/mol. The van der Waals surface area contributed by atoms with Gasteiger partial charge in [-0.15, -0.1) is 0 Å². The molecule has 4 aliphatic rings. The van der Waals surface area contributed by atoms with E-state index >= 15 is 0 Å². The summed E-state index contributed by atoms with van der Waals surface area (Å²) in [6.45, 7) is 11.0. The van der Waals surface area contributed by atoms with Crippen molar-refractivity contribution in [2.45, 2.75) is 76.8 Å². The van der Waals surface area contributed by atoms with Crippen LogP contribution in [0.2, 0.25) is 0 Å². The van der Waals surface area contributed by atoms with Crippen LogP contribution in [0.5, 0.6) is 11.7 Å². The van der Waals surface area contributed by atoms with Crippen molar-refractivity contribution in [2.24, 2.45) is 0 Å². The molecule has 2 atom stereocenters. The summed E-state index contributed by atoms with van der Waals surface area (Å²) in [5.41, 5.74) is 8.65. The minimum atomic E-state index is -0.508. The zero-order valence-corrected chi connectivity index (χ0v) is 30.1. The van der Waals surface area contributed by atoms with E-state index in [1.165, 1.54) is 5.46 Å². The van der Waals surface area contributed by atoms with Gasteiger partial charge in [-0.1, -0.05) is 80.4 Å². The fourth-order valence-corrected chi connectivity index (χ4v) is 10.1. The van der Waals surface area contributed by atoms with Crippen molar-refractivity contribution in [1.82, 2.24) is 0 Å². The number of benzene rings is 5. The minimum Gasteiger partial charge on any atom is -0.456 e. The fourth-order valence-electron chi connectivity index (χ4n) is 10.1. The van der Waals surface area contributed by atoms with E-state index in [0.29, 0.717) is 28.7 Å². The predicted octanol–water partition coefficient (Wildman–Crippen LogP) is 10.5. The summed E-state index contributed by atoms with van der Waals surface area (Å²) in [6.07, 6.45) is 3.70. The summed E-state index contributed by atoms with van der Waals surface area (Å²) >= 11 is 0. The summed E-state index contributed by atoms with van der Waals surface area (Å²) in [6, 6.07) is 29.0. The first-order valence-corrected chi connectivity index (χ1v) is 18.5. The molecule has 0 spiro atoms. The molecule has 0 amide bonds. The summed E-state index contributed by atoms with van der Waals surface area (Å²) < 4.78 is 56.0. The molecule has 7 aromatic rings. The Bertz CT molecular complexity index is 2860. The Balaban J connectivity index is 1.15. The first kappa shape index (κ1) is 26.4. The minimum absolute atomic E-state index is 0.000387. The molecule has 0 bridgehead atoms. The Morgan fingerprint density at radius 2 is 1.54 bits per heavy atom. The van der Waals surface area contributed by atoms with Crippen LogP contribution in [0.1, 0.15) is 71.3 Å². The zero-order chi connectivity index (χ0) is 38.6. The van der Waals surface area contributed by atoms with E-state index in [9.17, 15) is 2.74 Å². The Morgan fingerprint density at radius 3 is 2.42 bits per heavy atom. The second-order valence-electron chi connectivity index (χ2n) is 16.5. The third-order valence-corrected chi connectivity index (χ3v) is 12.7. The van der Waals surface area contributed by atoms with Crippen LogP contribution in [0.15, 0.2) is 118 Å². The molecule has 0 N–H and O–H groups in total. The number of nitrogens with zero attached hydrogens (tertiary/aromatic N) is 2. The highest BCUT2D eigenvalue weighted by molar-refractivity contribution is 6.99. The lowest BCUT2D eigenvalue weighted by Crippen LogP contribution is -2.62. The smallest absolute Gasteiger partial charge is 0.285 e. The van der Waals surface area contributed by atoms with Crippen molar-refractivity contribution >= 4 is 67.8 Å². The number of hydrogen-bond donors (Lipinski definition) is 0. The molecule has 5 nitrogen and oxygen atoms in total. The van der Waals surface area contributed by atoms with Crippen LogP contribution >= 0.6 is 0 Å². The molecule has 3 aliphatic heterocycles. The molecule has 1 saturated carbocycles. The van der Waals surface area contributed by atoms with Crippen molar-refractivity contribution in [1.29, 1.82) is 0 Å². The highest BCUT2D eigenvalue weighted by Gasteiger charge is 2.58. The molecule has 5 aromatic carbocycles. The highest BCUT2D eigenvalue weighted by Crippen LogP contribution is 2.61. The van der Waals surface area contributed by atoms with Crippen LogP contribution in [-0.4, -0.2) is 17.8 Å². The van der Waals surface area contributed by atoms with E-state index in [-0.39, 0.29) is 36.4 Å². The topological polar surface area (TPSA) is 42.0 Å². The molecule has 2 aromatic heterocycles. The first-order chi connectivity index (χ1) is 26.8. The van der Waals surface area contributed by atoms with Crippen LogP contribution in [0.3, 0.4) is 0 Å². The Hall–Kier alpha value is -5.36. The normalized spacial score (nSPS) is 22.5. The van der Waals surface area contributed by atoms with Gasteiger partial charge in [0.1, 0.15) is 22.7 Å². The molecule has 0 radical (unpaired) electrons. The van der Waals surface area contributed by atoms with Crippen molar-refractivity contribution < 1.29 is 19.1 Å². The molecule has 0 saturated heterocycles. The third kappa shape index (κ3) is 3.85. The summed E-state index contributed by atoms with van der Waals surface area (Å²) in [4.78, 5) is 4.65. The number of rotatable bonds is 2. The lowest BCUT2D eigenvalue weighted by molar-refractivity contribution is 0.195. The largest absolute Gasteiger partial charge is 0.456 e. The number of anilines is 4. The van der Waals surface area contributed by atoms with Gasteiger partial charge in [0.05, 0.1) is 11.0 Å². The summed E-state index contributed by atoms with van der Waals surface area (Å²) in [5.74, 6) is 1.82. The van der Waals surface area contributed by atoms with E-state index < -0.39 is 11.0 Å². The van der Waals surface area contributed by atoms with Gasteiger partial charge in [-0.2, -0.15) is 0 Å². The number of para-hydroxylation sites is 3. The van der Waals surface area contributed by atoms with Gasteiger partial charge in [-0.05, 0) is 99.5 Å². The summed E-state index contributed by atoms with van der Waals surface area (Å²) in [5, 5.41) is 2.14. The molecular weight excluding hydrogens is 639 g/mol. The zero-order valence-electron chi connectivity index (χ0n) is 34.1. The quantitative estimate of drug-likeness (QED) is 0.170. The Kier molecular flexibility index (Phi) is 5.16. The number of ether oxygens (including phenoxy) is 1. The lowest BCUT2D eigenvalue weighted by atomic mass is 9.34. The first-order valence-electron chi connectivity index (χ1n) is 20.5. The van der Waals surface area contributed by atoms with Gasteiger partial charge < -0.3 is 23.4 Å². The van der Waals surface area contributed by atoms with Crippen molar-refractivity contribution in [3.63, 3.8) is 0 Å². The maximum atomic E-state index is 9.35. The third-order valence-electron chi connectivity index (χ3n) is 12.7. The number of fused-ring (bicyclic) bond motifs is 10. The Morgan fingerprint density at radius 1 is 0.750 bits per heavy atom. The number of hydrogen-bond acceptors (Lipinski definition) is 5. The molecule has 1 fully saturated rings. The van der Waals surface area contributed by atoms with Crippen LogP contribution in [0.25, 0.3) is 33.3 Å². The van der Waals surface area contributed by atoms with Crippen molar-refractivity contribution in [3.05, 3.63) is 115 Å². The van der Waals surface area contributed by atoms with Crippen molar-refractivity contribution in [2.75, 3.05) is 9.80 Å². The fraction of sp³-hybridized carbons (Fsp3) is 0.261. The molecule has 11 rings (SSSR count). The van der Waals surface area contributed by atoms with Crippen LogP contribution < -0.4 is 30.9 Å². The average Bonchev–Trinajstić information content (AvgIpc) is 3.83. The van der Waals surface area contributed by atoms with Gasteiger partial charge in [0.15, 0.2) is 0 Å². The molecule has 256 valence electrons.